The molecule has 0 bridgehead atoms. The van der Waals surface area contributed by atoms with Gasteiger partial charge in [-0.25, -0.2) is 4.98 Å². The highest BCUT2D eigenvalue weighted by atomic mass is 16.5. The van der Waals surface area contributed by atoms with Crippen LogP contribution in [0.25, 0.3) is 0 Å². The van der Waals surface area contributed by atoms with Gasteiger partial charge in [-0.05, 0) is 18.8 Å². The number of nitrogens with one attached hydrogen (secondary N) is 1. The van der Waals surface area contributed by atoms with Gasteiger partial charge in [0.25, 0.3) is 5.91 Å². The minimum atomic E-state index is -1.01. The SMILES string of the molecule is CC(C)Cc1cc(C(=O)NCC2(O)CCN(c3cnccn3)C2)on1. The summed E-state index contributed by atoms with van der Waals surface area (Å²) in [5.74, 6) is 0.961. The Hall–Kier alpha value is -2.48. The molecule has 1 fully saturated rings. The van der Waals surface area contributed by atoms with Gasteiger partial charge in [-0.2, -0.15) is 0 Å². The third kappa shape index (κ3) is 4.33. The summed E-state index contributed by atoms with van der Waals surface area (Å²) >= 11 is 0. The lowest BCUT2D eigenvalue weighted by Crippen LogP contribution is -2.45. The first-order valence-corrected chi connectivity index (χ1v) is 8.42. The molecule has 0 aromatic carbocycles. The van der Waals surface area contributed by atoms with E-state index in [4.69, 9.17) is 4.52 Å². The van der Waals surface area contributed by atoms with Crippen LogP contribution in [0.3, 0.4) is 0 Å². The highest BCUT2D eigenvalue weighted by Gasteiger charge is 2.37. The molecule has 2 aromatic heterocycles. The van der Waals surface area contributed by atoms with Crippen molar-refractivity contribution in [2.45, 2.75) is 32.3 Å². The summed E-state index contributed by atoms with van der Waals surface area (Å²) in [6.07, 6.45) is 6.19. The third-order valence-corrected chi connectivity index (χ3v) is 4.18. The topological polar surface area (TPSA) is 104 Å². The maximum atomic E-state index is 12.2. The molecule has 1 amide bonds. The molecule has 0 spiro atoms. The Bertz CT molecular complexity index is 718. The zero-order chi connectivity index (χ0) is 17.9. The molecule has 1 atom stereocenters. The molecule has 0 aliphatic carbocycles. The summed E-state index contributed by atoms with van der Waals surface area (Å²) in [6, 6.07) is 1.65. The van der Waals surface area contributed by atoms with Crippen molar-refractivity contribution in [1.29, 1.82) is 0 Å². The van der Waals surface area contributed by atoms with E-state index >= 15 is 0 Å². The molecule has 0 radical (unpaired) electrons. The fraction of sp³-hybridized carbons (Fsp3) is 0.529. The van der Waals surface area contributed by atoms with Gasteiger partial charge in [-0.15, -0.1) is 0 Å². The molecule has 3 heterocycles. The van der Waals surface area contributed by atoms with Crippen molar-refractivity contribution < 1.29 is 14.4 Å². The summed E-state index contributed by atoms with van der Waals surface area (Å²) in [6.45, 7) is 5.34. The van der Waals surface area contributed by atoms with Crippen LogP contribution in [0.4, 0.5) is 5.82 Å². The number of hydrogen-bond donors (Lipinski definition) is 2. The quantitative estimate of drug-likeness (QED) is 0.806. The van der Waals surface area contributed by atoms with Crippen LogP contribution in [-0.4, -0.2) is 51.4 Å². The van der Waals surface area contributed by atoms with E-state index in [0.717, 1.165) is 17.9 Å². The smallest absolute Gasteiger partial charge is 0.290 e. The normalized spacial score (nSPS) is 20.2. The number of hydrogen-bond acceptors (Lipinski definition) is 7. The van der Waals surface area contributed by atoms with E-state index in [1.54, 1.807) is 24.7 Å². The molecule has 8 nitrogen and oxygen atoms in total. The maximum absolute atomic E-state index is 12.2. The summed E-state index contributed by atoms with van der Waals surface area (Å²) in [5, 5.41) is 17.3. The zero-order valence-electron chi connectivity index (χ0n) is 14.5. The van der Waals surface area contributed by atoms with Gasteiger partial charge < -0.3 is 19.8 Å². The second-order valence-electron chi connectivity index (χ2n) is 6.92. The van der Waals surface area contributed by atoms with Gasteiger partial charge in [0.2, 0.25) is 5.76 Å². The Morgan fingerprint density at radius 2 is 2.32 bits per heavy atom. The van der Waals surface area contributed by atoms with Crippen molar-refractivity contribution in [1.82, 2.24) is 20.4 Å². The Balaban J connectivity index is 1.54. The average molecular weight is 345 g/mol. The van der Waals surface area contributed by atoms with E-state index in [1.807, 2.05) is 4.90 Å². The third-order valence-electron chi connectivity index (χ3n) is 4.18. The van der Waals surface area contributed by atoms with Crippen LogP contribution in [0, 0.1) is 5.92 Å². The van der Waals surface area contributed by atoms with Gasteiger partial charge in [-0.3, -0.25) is 9.78 Å². The number of aromatic nitrogens is 3. The molecule has 0 saturated carbocycles. The molecule has 1 aliphatic rings. The van der Waals surface area contributed by atoms with Crippen LogP contribution in [0.5, 0.6) is 0 Å². The number of aliphatic hydroxyl groups is 1. The lowest BCUT2D eigenvalue weighted by molar-refractivity contribution is 0.0564. The van der Waals surface area contributed by atoms with Gasteiger partial charge in [-0.1, -0.05) is 19.0 Å². The molecule has 134 valence electrons. The van der Waals surface area contributed by atoms with E-state index in [9.17, 15) is 9.90 Å². The summed E-state index contributed by atoms with van der Waals surface area (Å²) in [5.41, 5.74) is -0.248. The second-order valence-corrected chi connectivity index (χ2v) is 6.92. The number of β-amino-alcohol motifs (C(OH)–C–C–N with tert-alkyl or cyclic N) is 1. The standard InChI is InChI=1S/C17H23N5O3/c1-12(2)7-13-8-14(25-21-13)16(23)20-10-17(24)3-6-22(11-17)15-9-18-4-5-19-15/h4-5,8-9,12,24H,3,6-7,10-11H2,1-2H3,(H,20,23). The van der Waals surface area contributed by atoms with Crippen LogP contribution in [0.15, 0.2) is 29.2 Å². The van der Waals surface area contributed by atoms with Crippen LogP contribution < -0.4 is 10.2 Å². The average Bonchev–Trinajstić information content (AvgIpc) is 3.21. The fourth-order valence-electron chi connectivity index (χ4n) is 2.92. The molecular formula is C17H23N5O3. The van der Waals surface area contributed by atoms with Gasteiger partial charge in [0, 0.05) is 38.1 Å². The molecule has 2 N–H and O–H groups in total. The minimum Gasteiger partial charge on any atom is -0.386 e. The van der Waals surface area contributed by atoms with Gasteiger partial charge >= 0.3 is 0 Å². The van der Waals surface area contributed by atoms with Crippen LogP contribution in [-0.2, 0) is 6.42 Å². The Morgan fingerprint density at radius 3 is 3.04 bits per heavy atom. The van der Waals surface area contributed by atoms with Gasteiger partial charge in [0.15, 0.2) is 0 Å². The number of rotatable bonds is 6. The Kier molecular flexibility index (Phi) is 4.98. The van der Waals surface area contributed by atoms with Crippen LogP contribution >= 0.6 is 0 Å². The molecule has 3 rings (SSSR count). The van der Waals surface area contributed by atoms with Crippen molar-refractivity contribution >= 4 is 11.7 Å². The number of nitrogens with zero attached hydrogens (tertiary/aromatic N) is 4. The van der Waals surface area contributed by atoms with E-state index < -0.39 is 5.60 Å². The predicted octanol–water partition coefficient (Wildman–Crippen LogP) is 1.03. The molecule has 1 unspecified atom stereocenters. The van der Waals surface area contributed by atoms with E-state index in [1.165, 1.54) is 0 Å². The fourth-order valence-corrected chi connectivity index (χ4v) is 2.92. The lowest BCUT2D eigenvalue weighted by Gasteiger charge is -2.23. The number of anilines is 1. The molecule has 1 aliphatic heterocycles. The Labute approximate surface area is 146 Å². The number of carbonyl (C=O) groups is 1. The minimum absolute atomic E-state index is 0.142. The molecular weight excluding hydrogens is 322 g/mol. The highest BCUT2D eigenvalue weighted by Crippen LogP contribution is 2.24. The molecule has 1 saturated heterocycles. The van der Waals surface area contributed by atoms with Gasteiger partial charge in [0.05, 0.1) is 11.9 Å². The summed E-state index contributed by atoms with van der Waals surface area (Å²) in [4.78, 5) is 22.4. The van der Waals surface area contributed by atoms with Crippen LogP contribution in [0.2, 0.25) is 0 Å². The lowest BCUT2D eigenvalue weighted by atomic mass is 10.0. The highest BCUT2D eigenvalue weighted by molar-refractivity contribution is 5.91. The van der Waals surface area contributed by atoms with Gasteiger partial charge in [0.1, 0.15) is 11.4 Å². The molecule has 25 heavy (non-hydrogen) atoms. The number of carbonyl (C=O) groups excluding carboxylic acids is 1. The van der Waals surface area contributed by atoms with E-state index in [0.29, 0.717) is 25.4 Å². The van der Waals surface area contributed by atoms with Crippen molar-refractivity contribution in [3.63, 3.8) is 0 Å². The van der Waals surface area contributed by atoms with Crippen molar-refractivity contribution in [2.24, 2.45) is 5.92 Å². The monoisotopic (exact) mass is 345 g/mol. The molecule has 8 heteroatoms. The maximum Gasteiger partial charge on any atom is 0.290 e. The van der Waals surface area contributed by atoms with E-state index in [2.05, 4.69) is 34.3 Å². The Morgan fingerprint density at radius 1 is 1.48 bits per heavy atom. The van der Waals surface area contributed by atoms with Crippen molar-refractivity contribution in [2.75, 3.05) is 24.5 Å². The zero-order valence-corrected chi connectivity index (χ0v) is 14.5. The first kappa shape index (κ1) is 17.3. The predicted molar refractivity (Wildman–Crippen MR) is 91.2 cm³/mol. The second kappa shape index (κ2) is 7.18. The largest absolute Gasteiger partial charge is 0.386 e. The van der Waals surface area contributed by atoms with Crippen LogP contribution in [0.1, 0.15) is 36.5 Å². The van der Waals surface area contributed by atoms with E-state index in [-0.39, 0.29) is 18.2 Å². The van der Waals surface area contributed by atoms with Crippen molar-refractivity contribution in [3.05, 3.63) is 36.1 Å². The summed E-state index contributed by atoms with van der Waals surface area (Å²) < 4.78 is 5.09. The number of amides is 1. The van der Waals surface area contributed by atoms with Crippen molar-refractivity contribution in [3.8, 4) is 0 Å². The summed E-state index contributed by atoms with van der Waals surface area (Å²) in [7, 11) is 0. The first-order valence-electron chi connectivity index (χ1n) is 8.42. The first-order chi connectivity index (χ1) is 12.0. The molecule has 2 aromatic rings.